The van der Waals surface area contributed by atoms with Crippen molar-refractivity contribution in [3.63, 3.8) is 0 Å². The molecule has 2 unspecified atom stereocenters. The number of amides is 1. The maximum atomic E-state index is 11.8. The highest BCUT2D eigenvalue weighted by Gasteiger charge is 2.47. The first-order valence-electron chi connectivity index (χ1n) is 6.80. The molecule has 3 nitrogen and oxygen atoms in total. The largest absolute Gasteiger partial charge is 0.356 e. The Morgan fingerprint density at radius 3 is 2.59 bits per heavy atom. The lowest BCUT2D eigenvalue weighted by atomic mass is 9.85. The standard InChI is InChI=1S/C13H24N2O.ClH/c14-7-4-8-15-13(16)12-9-11(12)10-5-2-1-3-6-10;/h10-12H,1-9,14H2,(H,15,16);1H. The second-order valence-electron chi connectivity index (χ2n) is 5.34. The van der Waals surface area contributed by atoms with Gasteiger partial charge in [0, 0.05) is 12.5 Å². The van der Waals surface area contributed by atoms with Gasteiger partial charge in [-0.15, -0.1) is 12.4 Å². The zero-order valence-electron chi connectivity index (χ0n) is 10.5. The van der Waals surface area contributed by atoms with Crippen molar-refractivity contribution in [2.45, 2.75) is 44.9 Å². The van der Waals surface area contributed by atoms with Gasteiger partial charge in [0.2, 0.25) is 5.91 Å². The third kappa shape index (κ3) is 4.14. The summed E-state index contributed by atoms with van der Waals surface area (Å²) in [6.07, 6.45) is 8.90. The lowest BCUT2D eigenvalue weighted by Gasteiger charge is -2.21. The fourth-order valence-electron chi connectivity index (χ4n) is 3.04. The molecule has 4 heteroatoms. The van der Waals surface area contributed by atoms with Crippen LogP contribution in [0.25, 0.3) is 0 Å². The highest BCUT2D eigenvalue weighted by atomic mass is 35.5. The summed E-state index contributed by atoms with van der Waals surface area (Å²) in [5, 5.41) is 3.00. The van der Waals surface area contributed by atoms with E-state index in [4.69, 9.17) is 5.73 Å². The normalized spacial score (nSPS) is 28.3. The summed E-state index contributed by atoms with van der Waals surface area (Å²) in [7, 11) is 0. The molecule has 0 aromatic rings. The molecule has 0 aliphatic heterocycles. The molecule has 2 fully saturated rings. The number of hydrogen-bond donors (Lipinski definition) is 2. The van der Waals surface area contributed by atoms with Crippen molar-refractivity contribution in [2.75, 3.05) is 13.1 Å². The Balaban J connectivity index is 0.00000144. The molecule has 0 spiro atoms. The van der Waals surface area contributed by atoms with E-state index in [1.54, 1.807) is 0 Å². The van der Waals surface area contributed by atoms with Crippen LogP contribution in [-0.4, -0.2) is 19.0 Å². The Bertz CT molecular complexity index is 242. The third-order valence-corrected chi connectivity index (χ3v) is 4.11. The maximum absolute atomic E-state index is 11.8. The molecular formula is C13H25ClN2O. The van der Waals surface area contributed by atoms with Crippen molar-refractivity contribution in [1.82, 2.24) is 5.32 Å². The van der Waals surface area contributed by atoms with E-state index in [2.05, 4.69) is 5.32 Å². The highest BCUT2D eigenvalue weighted by molar-refractivity contribution is 5.85. The summed E-state index contributed by atoms with van der Waals surface area (Å²) in [6.45, 7) is 1.42. The van der Waals surface area contributed by atoms with E-state index in [-0.39, 0.29) is 18.3 Å². The minimum Gasteiger partial charge on any atom is -0.356 e. The smallest absolute Gasteiger partial charge is 0.223 e. The Morgan fingerprint density at radius 2 is 1.94 bits per heavy atom. The van der Waals surface area contributed by atoms with Crippen LogP contribution in [0.4, 0.5) is 0 Å². The van der Waals surface area contributed by atoms with Crippen LogP contribution in [0.2, 0.25) is 0 Å². The second-order valence-corrected chi connectivity index (χ2v) is 5.34. The predicted octanol–water partition coefficient (Wildman–Crippen LogP) is 2.09. The van der Waals surface area contributed by atoms with Crippen molar-refractivity contribution in [2.24, 2.45) is 23.5 Å². The van der Waals surface area contributed by atoms with Crippen molar-refractivity contribution in [1.29, 1.82) is 0 Å². The molecule has 0 saturated heterocycles. The van der Waals surface area contributed by atoms with Crippen molar-refractivity contribution in [3.05, 3.63) is 0 Å². The number of rotatable bonds is 5. The lowest BCUT2D eigenvalue weighted by molar-refractivity contribution is -0.122. The summed E-state index contributed by atoms with van der Waals surface area (Å²) in [5.74, 6) is 2.17. The number of nitrogens with two attached hydrogens (primary N) is 1. The molecule has 2 aliphatic carbocycles. The van der Waals surface area contributed by atoms with Gasteiger partial charge in [-0.1, -0.05) is 32.1 Å². The fraction of sp³-hybridized carbons (Fsp3) is 0.923. The Labute approximate surface area is 110 Å². The number of carbonyl (C=O) groups is 1. The van der Waals surface area contributed by atoms with Crippen LogP contribution >= 0.6 is 12.4 Å². The summed E-state index contributed by atoms with van der Waals surface area (Å²) in [5.41, 5.74) is 5.40. The average Bonchev–Trinajstić information content (AvgIpc) is 3.10. The molecule has 3 N–H and O–H groups in total. The number of carbonyl (C=O) groups excluding carboxylic acids is 1. The van der Waals surface area contributed by atoms with E-state index in [9.17, 15) is 4.79 Å². The topological polar surface area (TPSA) is 55.1 Å². The van der Waals surface area contributed by atoms with Gasteiger partial charge in [0.15, 0.2) is 0 Å². The van der Waals surface area contributed by atoms with Crippen LogP contribution in [0.1, 0.15) is 44.9 Å². The molecule has 0 radical (unpaired) electrons. The van der Waals surface area contributed by atoms with Gasteiger partial charge < -0.3 is 11.1 Å². The molecule has 0 bridgehead atoms. The van der Waals surface area contributed by atoms with Crippen LogP contribution in [0.5, 0.6) is 0 Å². The van der Waals surface area contributed by atoms with Crippen LogP contribution in [0.3, 0.4) is 0 Å². The van der Waals surface area contributed by atoms with Gasteiger partial charge in [-0.25, -0.2) is 0 Å². The monoisotopic (exact) mass is 260 g/mol. The molecule has 100 valence electrons. The fourth-order valence-corrected chi connectivity index (χ4v) is 3.04. The van der Waals surface area contributed by atoms with Crippen LogP contribution in [0.15, 0.2) is 0 Å². The van der Waals surface area contributed by atoms with E-state index >= 15 is 0 Å². The van der Waals surface area contributed by atoms with Crippen LogP contribution in [-0.2, 0) is 4.79 Å². The van der Waals surface area contributed by atoms with Gasteiger partial charge in [0.05, 0.1) is 0 Å². The minimum absolute atomic E-state index is 0. The molecule has 0 aromatic heterocycles. The van der Waals surface area contributed by atoms with Gasteiger partial charge in [-0.2, -0.15) is 0 Å². The summed E-state index contributed by atoms with van der Waals surface area (Å²) >= 11 is 0. The summed E-state index contributed by atoms with van der Waals surface area (Å²) in [6, 6.07) is 0. The molecule has 1 amide bonds. The van der Waals surface area contributed by atoms with E-state index in [0.717, 1.165) is 25.3 Å². The Kier molecular flexibility index (Phi) is 6.28. The molecule has 2 saturated carbocycles. The SMILES string of the molecule is Cl.NCCCNC(=O)C1CC1C1CCCCC1. The van der Waals surface area contributed by atoms with Gasteiger partial charge in [-0.3, -0.25) is 4.79 Å². The van der Waals surface area contributed by atoms with Crippen molar-refractivity contribution < 1.29 is 4.79 Å². The van der Waals surface area contributed by atoms with E-state index < -0.39 is 0 Å². The quantitative estimate of drug-likeness (QED) is 0.744. The van der Waals surface area contributed by atoms with Crippen LogP contribution in [0, 0.1) is 17.8 Å². The summed E-state index contributed by atoms with van der Waals surface area (Å²) in [4.78, 5) is 11.8. The first-order chi connectivity index (χ1) is 7.83. The van der Waals surface area contributed by atoms with Gasteiger partial charge in [0.1, 0.15) is 0 Å². The summed E-state index contributed by atoms with van der Waals surface area (Å²) < 4.78 is 0. The number of nitrogens with one attached hydrogen (secondary N) is 1. The lowest BCUT2D eigenvalue weighted by Crippen LogP contribution is -2.28. The highest BCUT2D eigenvalue weighted by Crippen LogP contribution is 2.49. The maximum Gasteiger partial charge on any atom is 0.223 e. The third-order valence-electron chi connectivity index (χ3n) is 4.11. The Morgan fingerprint density at radius 1 is 1.24 bits per heavy atom. The molecule has 2 atom stereocenters. The van der Waals surface area contributed by atoms with Gasteiger partial charge >= 0.3 is 0 Å². The Hall–Kier alpha value is -0.280. The first-order valence-corrected chi connectivity index (χ1v) is 6.80. The van der Waals surface area contributed by atoms with Gasteiger partial charge in [-0.05, 0) is 31.2 Å². The molecule has 17 heavy (non-hydrogen) atoms. The van der Waals surface area contributed by atoms with Crippen molar-refractivity contribution in [3.8, 4) is 0 Å². The van der Waals surface area contributed by atoms with E-state index in [1.165, 1.54) is 32.1 Å². The number of hydrogen-bond acceptors (Lipinski definition) is 2. The minimum atomic E-state index is 0. The van der Waals surface area contributed by atoms with Gasteiger partial charge in [0.25, 0.3) is 0 Å². The molecule has 0 heterocycles. The van der Waals surface area contributed by atoms with E-state index in [1.807, 2.05) is 0 Å². The van der Waals surface area contributed by atoms with Crippen LogP contribution < -0.4 is 11.1 Å². The average molecular weight is 261 g/mol. The zero-order valence-corrected chi connectivity index (χ0v) is 11.3. The second kappa shape index (κ2) is 7.22. The molecule has 0 aromatic carbocycles. The number of halogens is 1. The van der Waals surface area contributed by atoms with E-state index in [0.29, 0.717) is 18.4 Å². The molecule has 2 aliphatic rings. The van der Waals surface area contributed by atoms with Crippen molar-refractivity contribution >= 4 is 18.3 Å². The predicted molar refractivity (Wildman–Crippen MR) is 72.1 cm³/mol. The zero-order chi connectivity index (χ0) is 11.4. The first kappa shape index (κ1) is 14.8. The molecule has 2 rings (SSSR count). The molecular weight excluding hydrogens is 236 g/mol.